The Morgan fingerprint density at radius 3 is 2.90 bits per heavy atom. The number of ether oxygens (including phenoxy) is 2. The van der Waals surface area contributed by atoms with Crippen molar-refractivity contribution in [3.8, 4) is 17.2 Å². The SMILES string of the molecule is c1cncc(-n2cccc2CN2CCC[C@@H](Nc3ccc4c(c3)OCCO4)C2)c1. The molecule has 0 spiro atoms. The summed E-state index contributed by atoms with van der Waals surface area (Å²) < 4.78 is 13.6. The molecule has 1 aromatic carbocycles. The molecule has 6 nitrogen and oxygen atoms in total. The number of anilines is 1. The van der Waals surface area contributed by atoms with Crippen LogP contribution in [0.2, 0.25) is 0 Å². The fourth-order valence-electron chi connectivity index (χ4n) is 4.21. The molecule has 150 valence electrons. The Hall–Kier alpha value is -2.99. The second-order valence-corrected chi connectivity index (χ2v) is 7.66. The van der Waals surface area contributed by atoms with Crippen molar-refractivity contribution in [2.24, 2.45) is 0 Å². The molecule has 6 heteroatoms. The third-order valence-corrected chi connectivity index (χ3v) is 5.56. The van der Waals surface area contributed by atoms with Crippen molar-refractivity contribution in [3.63, 3.8) is 0 Å². The largest absolute Gasteiger partial charge is 0.486 e. The number of pyridine rings is 1. The van der Waals surface area contributed by atoms with Gasteiger partial charge in [0.1, 0.15) is 13.2 Å². The van der Waals surface area contributed by atoms with Gasteiger partial charge in [0.25, 0.3) is 0 Å². The molecule has 3 aromatic rings. The molecule has 0 aliphatic carbocycles. The van der Waals surface area contributed by atoms with E-state index in [-0.39, 0.29) is 0 Å². The van der Waals surface area contributed by atoms with E-state index in [0.29, 0.717) is 19.3 Å². The number of nitrogens with one attached hydrogen (secondary N) is 1. The zero-order chi connectivity index (χ0) is 19.5. The van der Waals surface area contributed by atoms with Crippen LogP contribution in [0.25, 0.3) is 5.69 Å². The molecule has 2 aromatic heterocycles. The van der Waals surface area contributed by atoms with Gasteiger partial charge in [0.05, 0.1) is 11.9 Å². The maximum absolute atomic E-state index is 5.72. The monoisotopic (exact) mass is 390 g/mol. The lowest BCUT2D eigenvalue weighted by Gasteiger charge is -2.34. The number of rotatable bonds is 5. The molecule has 2 aliphatic rings. The quantitative estimate of drug-likeness (QED) is 0.720. The van der Waals surface area contributed by atoms with Crippen LogP contribution in [-0.2, 0) is 6.54 Å². The number of likely N-dealkylation sites (tertiary alicyclic amines) is 1. The molecule has 4 heterocycles. The van der Waals surface area contributed by atoms with Crippen molar-refractivity contribution in [1.29, 1.82) is 0 Å². The first-order chi connectivity index (χ1) is 14.3. The molecule has 0 bridgehead atoms. The van der Waals surface area contributed by atoms with E-state index >= 15 is 0 Å². The van der Waals surface area contributed by atoms with Crippen LogP contribution in [0.1, 0.15) is 18.5 Å². The number of benzene rings is 1. The van der Waals surface area contributed by atoms with Crippen LogP contribution >= 0.6 is 0 Å². The van der Waals surface area contributed by atoms with E-state index in [1.54, 1.807) is 0 Å². The third-order valence-electron chi connectivity index (χ3n) is 5.56. The van der Waals surface area contributed by atoms with Gasteiger partial charge in [-0.1, -0.05) is 0 Å². The topological polar surface area (TPSA) is 51.6 Å². The first-order valence-electron chi connectivity index (χ1n) is 10.3. The van der Waals surface area contributed by atoms with E-state index in [2.05, 4.69) is 56.3 Å². The molecule has 0 radical (unpaired) electrons. The van der Waals surface area contributed by atoms with Crippen LogP contribution in [0.3, 0.4) is 0 Å². The second-order valence-electron chi connectivity index (χ2n) is 7.66. The zero-order valence-electron chi connectivity index (χ0n) is 16.5. The molecule has 1 fully saturated rings. The highest BCUT2D eigenvalue weighted by Gasteiger charge is 2.21. The summed E-state index contributed by atoms with van der Waals surface area (Å²) in [7, 11) is 0. The fraction of sp³-hybridized carbons (Fsp3) is 0.348. The predicted octanol–water partition coefficient (Wildman–Crippen LogP) is 3.72. The minimum atomic E-state index is 0.424. The van der Waals surface area contributed by atoms with Crippen molar-refractivity contribution in [1.82, 2.24) is 14.5 Å². The van der Waals surface area contributed by atoms with E-state index < -0.39 is 0 Å². The molecule has 5 rings (SSSR count). The smallest absolute Gasteiger partial charge is 0.163 e. The van der Waals surface area contributed by atoms with E-state index in [0.717, 1.165) is 42.5 Å². The summed E-state index contributed by atoms with van der Waals surface area (Å²) in [5.41, 5.74) is 3.49. The summed E-state index contributed by atoms with van der Waals surface area (Å²) in [6, 6.07) is 14.9. The Balaban J connectivity index is 1.24. The maximum Gasteiger partial charge on any atom is 0.163 e. The summed E-state index contributed by atoms with van der Waals surface area (Å²) in [5, 5.41) is 3.69. The second kappa shape index (κ2) is 8.17. The van der Waals surface area contributed by atoms with Crippen LogP contribution in [0.15, 0.2) is 61.1 Å². The molecule has 1 saturated heterocycles. The number of fused-ring (bicyclic) bond motifs is 1. The summed E-state index contributed by atoms with van der Waals surface area (Å²) in [6.07, 6.45) is 8.20. The average Bonchev–Trinajstić information content (AvgIpc) is 3.23. The minimum absolute atomic E-state index is 0.424. The lowest BCUT2D eigenvalue weighted by atomic mass is 10.0. The van der Waals surface area contributed by atoms with Crippen molar-refractivity contribution < 1.29 is 9.47 Å². The number of hydrogen-bond acceptors (Lipinski definition) is 5. The molecule has 2 aliphatic heterocycles. The molecule has 29 heavy (non-hydrogen) atoms. The number of aromatic nitrogens is 2. The van der Waals surface area contributed by atoms with Crippen LogP contribution in [-0.4, -0.2) is 46.8 Å². The Morgan fingerprint density at radius 1 is 1.07 bits per heavy atom. The van der Waals surface area contributed by atoms with Gasteiger partial charge in [0, 0.05) is 49.0 Å². The van der Waals surface area contributed by atoms with Gasteiger partial charge in [0.15, 0.2) is 11.5 Å². The van der Waals surface area contributed by atoms with Gasteiger partial charge < -0.3 is 19.4 Å². The number of nitrogens with zero attached hydrogens (tertiary/aromatic N) is 3. The molecule has 0 amide bonds. The van der Waals surface area contributed by atoms with Crippen LogP contribution in [0, 0.1) is 0 Å². The van der Waals surface area contributed by atoms with Gasteiger partial charge in [-0.25, -0.2) is 0 Å². The summed E-state index contributed by atoms with van der Waals surface area (Å²) in [6.45, 7) is 4.31. The van der Waals surface area contributed by atoms with Gasteiger partial charge in [-0.15, -0.1) is 0 Å². The highest BCUT2D eigenvalue weighted by Crippen LogP contribution is 2.33. The van der Waals surface area contributed by atoms with Gasteiger partial charge in [-0.2, -0.15) is 0 Å². The molecule has 1 N–H and O–H groups in total. The normalized spacial score (nSPS) is 19.1. The number of hydrogen-bond donors (Lipinski definition) is 1. The Kier molecular flexibility index (Phi) is 5.09. The highest BCUT2D eigenvalue weighted by atomic mass is 16.6. The highest BCUT2D eigenvalue weighted by molar-refractivity contribution is 5.55. The maximum atomic E-state index is 5.72. The van der Waals surface area contributed by atoms with E-state index in [9.17, 15) is 0 Å². The predicted molar refractivity (Wildman–Crippen MR) is 113 cm³/mol. The van der Waals surface area contributed by atoms with Crippen molar-refractivity contribution in [3.05, 3.63) is 66.7 Å². The van der Waals surface area contributed by atoms with E-state index in [4.69, 9.17) is 9.47 Å². The summed E-state index contributed by atoms with van der Waals surface area (Å²) >= 11 is 0. The first-order valence-corrected chi connectivity index (χ1v) is 10.3. The van der Waals surface area contributed by atoms with Crippen molar-refractivity contribution in [2.75, 3.05) is 31.6 Å². The summed E-state index contributed by atoms with van der Waals surface area (Å²) in [5.74, 6) is 1.67. The van der Waals surface area contributed by atoms with Crippen molar-refractivity contribution in [2.45, 2.75) is 25.4 Å². The molecule has 0 unspecified atom stereocenters. The lowest BCUT2D eigenvalue weighted by molar-refractivity contribution is 0.171. The van der Waals surface area contributed by atoms with Gasteiger partial charge in [-0.3, -0.25) is 9.88 Å². The van der Waals surface area contributed by atoms with Crippen LogP contribution in [0.4, 0.5) is 5.69 Å². The molecular formula is C23H26N4O2. The Labute approximate surface area is 171 Å². The number of piperidine rings is 1. The molecular weight excluding hydrogens is 364 g/mol. The lowest BCUT2D eigenvalue weighted by Crippen LogP contribution is -2.41. The minimum Gasteiger partial charge on any atom is -0.486 e. The summed E-state index contributed by atoms with van der Waals surface area (Å²) in [4.78, 5) is 6.78. The Morgan fingerprint density at radius 2 is 2.00 bits per heavy atom. The molecule has 1 atom stereocenters. The Bertz CT molecular complexity index is 957. The average molecular weight is 390 g/mol. The van der Waals surface area contributed by atoms with E-state index in [1.807, 2.05) is 24.5 Å². The van der Waals surface area contributed by atoms with Crippen molar-refractivity contribution >= 4 is 5.69 Å². The molecule has 0 saturated carbocycles. The fourth-order valence-corrected chi connectivity index (χ4v) is 4.21. The standard InChI is InChI=1S/C23H26N4O2/c1-5-20(15-24-9-1)27-11-3-6-21(27)17-26-10-2-4-19(16-26)25-18-7-8-22-23(14-18)29-13-12-28-22/h1,3,5-9,11,14-15,19,25H,2,4,10,12-13,16-17H2/t19-/m1/s1. The van der Waals surface area contributed by atoms with Gasteiger partial charge in [-0.05, 0) is 55.8 Å². The van der Waals surface area contributed by atoms with Gasteiger partial charge in [0.2, 0.25) is 0 Å². The van der Waals surface area contributed by atoms with Gasteiger partial charge >= 0.3 is 0 Å². The van der Waals surface area contributed by atoms with E-state index in [1.165, 1.54) is 18.5 Å². The van der Waals surface area contributed by atoms with Crippen LogP contribution < -0.4 is 14.8 Å². The third kappa shape index (κ3) is 4.07. The zero-order valence-corrected chi connectivity index (χ0v) is 16.5. The first kappa shape index (κ1) is 18.1. The van der Waals surface area contributed by atoms with Crippen LogP contribution in [0.5, 0.6) is 11.5 Å².